The molecule has 2 atom stereocenters. The maximum atomic E-state index is 13.1. The van der Waals surface area contributed by atoms with Gasteiger partial charge in [-0.1, -0.05) is 0 Å². The van der Waals surface area contributed by atoms with E-state index in [0.717, 1.165) is 51.1 Å². The first kappa shape index (κ1) is 24.5. The molecule has 1 saturated heterocycles. The summed E-state index contributed by atoms with van der Waals surface area (Å²) in [6.45, 7) is 0. The molecule has 2 aromatic rings. The molecule has 0 unspecified atom stereocenters. The second kappa shape index (κ2) is 8.86. The molecule has 13 nitrogen and oxygen atoms in total. The van der Waals surface area contributed by atoms with E-state index in [0.29, 0.717) is 0 Å². The molecule has 1 aromatic heterocycles. The average Bonchev–Trinajstić information content (AvgIpc) is 3.23. The Labute approximate surface area is 205 Å². The highest BCUT2D eigenvalue weighted by atomic mass is 32.2. The van der Waals surface area contributed by atoms with Crippen LogP contribution in [0.1, 0.15) is 0 Å². The number of hydrogen-bond acceptors (Lipinski definition) is 12. The molecule has 0 spiro atoms. The van der Waals surface area contributed by atoms with Gasteiger partial charge >= 0.3 is 5.97 Å². The number of aldehydes is 1. The lowest BCUT2D eigenvalue weighted by Crippen LogP contribution is -2.72. The van der Waals surface area contributed by atoms with Crippen molar-refractivity contribution >= 4 is 68.0 Å². The Morgan fingerprint density at radius 2 is 2.00 bits per heavy atom. The molecule has 3 heterocycles. The Morgan fingerprint density at radius 1 is 1.29 bits per heavy atom. The lowest BCUT2D eigenvalue weighted by Gasteiger charge is -2.52. The SMILES string of the molecule is Nc1nc(N(C(=O)C=O)[C@@H]2C(=O)N3C(C(=O)O)=C(CS(=O)(=O)c4ccc(O)c(O)c4)CS[C@H]23)cs1. The number of phenols is 2. The molecule has 4 rings (SSSR count). The number of benzene rings is 1. The summed E-state index contributed by atoms with van der Waals surface area (Å²) in [6, 6.07) is 1.61. The number of thioether (sulfide) groups is 1. The van der Waals surface area contributed by atoms with Gasteiger partial charge in [-0.05, 0) is 17.7 Å². The molecule has 0 radical (unpaired) electrons. The minimum atomic E-state index is -4.16. The molecule has 2 amide bonds. The summed E-state index contributed by atoms with van der Waals surface area (Å²) in [5.41, 5.74) is 4.97. The number of nitrogen functional groups attached to an aromatic ring is 1. The van der Waals surface area contributed by atoms with Crippen LogP contribution in [0.5, 0.6) is 11.5 Å². The molecule has 5 N–H and O–H groups in total. The minimum absolute atomic E-state index is 0.00199. The quantitative estimate of drug-likeness (QED) is 0.155. The number of aromatic hydroxyl groups is 2. The number of phenolic OH excluding ortho intramolecular Hbond substituents is 2. The summed E-state index contributed by atoms with van der Waals surface area (Å²) in [5, 5.41) is 29.4. The van der Waals surface area contributed by atoms with Crippen molar-refractivity contribution in [2.75, 3.05) is 22.1 Å². The van der Waals surface area contributed by atoms with E-state index in [9.17, 15) is 42.9 Å². The molecule has 35 heavy (non-hydrogen) atoms. The van der Waals surface area contributed by atoms with Crippen LogP contribution in [0.3, 0.4) is 0 Å². The highest BCUT2D eigenvalue weighted by Gasteiger charge is 2.58. The lowest BCUT2D eigenvalue weighted by molar-refractivity contribution is -0.149. The zero-order valence-electron chi connectivity index (χ0n) is 17.4. The van der Waals surface area contributed by atoms with Crippen molar-refractivity contribution in [2.24, 2.45) is 0 Å². The minimum Gasteiger partial charge on any atom is -0.504 e. The number of rotatable bonds is 7. The Hall–Kier alpha value is -3.63. The summed E-state index contributed by atoms with van der Waals surface area (Å²) < 4.78 is 25.7. The van der Waals surface area contributed by atoms with Crippen LogP contribution in [0.2, 0.25) is 0 Å². The Kier molecular flexibility index (Phi) is 6.20. The van der Waals surface area contributed by atoms with Crippen molar-refractivity contribution < 1.29 is 42.9 Å². The Bertz CT molecular complexity index is 1400. The third-order valence-corrected chi connectivity index (χ3v) is 8.95. The largest absolute Gasteiger partial charge is 0.504 e. The molecular weight excluding hydrogens is 524 g/mol. The molecule has 1 aromatic carbocycles. The summed E-state index contributed by atoms with van der Waals surface area (Å²) >= 11 is 1.99. The molecule has 2 aliphatic rings. The molecule has 2 aliphatic heterocycles. The van der Waals surface area contributed by atoms with Gasteiger partial charge in [0, 0.05) is 17.2 Å². The van der Waals surface area contributed by atoms with E-state index in [-0.39, 0.29) is 33.5 Å². The van der Waals surface area contributed by atoms with Crippen LogP contribution in [-0.2, 0) is 29.0 Å². The number of anilines is 2. The maximum absolute atomic E-state index is 13.1. The van der Waals surface area contributed by atoms with Crippen molar-refractivity contribution in [1.82, 2.24) is 9.88 Å². The molecule has 0 bridgehead atoms. The smallest absolute Gasteiger partial charge is 0.352 e. The van der Waals surface area contributed by atoms with E-state index >= 15 is 0 Å². The number of β-lactam (4-membered cyclic amide) rings is 1. The van der Waals surface area contributed by atoms with Crippen LogP contribution >= 0.6 is 23.1 Å². The first-order valence-electron chi connectivity index (χ1n) is 9.60. The van der Waals surface area contributed by atoms with Crippen LogP contribution in [0.4, 0.5) is 10.9 Å². The van der Waals surface area contributed by atoms with Gasteiger partial charge in [0.25, 0.3) is 11.8 Å². The van der Waals surface area contributed by atoms with E-state index in [1.165, 1.54) is 5.38 Å². The number of sulfone groups is 1. The summed E-state index contributed by atoms with van der Waals surface area (Å²) in [5.74, 6) is -5.57. The van der Waals surface area contributed by atoms with Crippen molar-refractivity contribution in [3.05, 3.63) is 34.8 Å². The second-order valence-corrected chi connectivity index (χ2v) is 11.4. The fourth-order valence-electron chi connectivity index (χ4n) is 3.73. The number of carboxylic acid groups (broad SMARTS) is 1. The first-order chi connectivity index (χ1) is 16.5. The zero-order valence-corrected chi connectivity index (χ0v) is 19.8. The van der Waals surface area contributed by atoms with Gasteiger partial charge in [0.1, 0.15) is 22.9 Å². The van der Waals surface area contributed by atoms with Crippen molar-refractivity contribution in [2.45, 2.75) is 16.3 Å². The number of fused-ring (bicyclic) bond motifs is 1. The van der Waals surface area contributed by atoms with Crippen molar-refractivity contribution in [3.63, 3.8) is 0 Å². The number of aromatic nitrogens is 1. The number of carbonyl (C=O) groups is 4. The predicted molar refractivity (Wildman–Crippen MR) is 123 cm³/mol. The van der Waals surface area contributed by atoms with Gasteiger partial charge in [-0.15, -0.1) is 23.1 Å². The van der Waals surface area contributed by atoms with Gasteiger partial charge in [-0.2, -0.15) is 0 Å². The molecule has 16 heteroatoms. The van der Waals surface area contributed by atoms with Crippen LogP contribution in [-0.4, -0.2) is 80.6 Å². The van der Waals surface area contributed by atoms with E-state index in [2.05, 4.69) is 4.98 Å². The average molecular weight is 541 g/mol. The fourth-order valence-corrected chi connectivity index (χ4v) is 7.22. The highest BCUT2D eigenvalue weighted by molar-refractivity contribution is 8.00. The summed E-state index contributed by atoms with van der Waals surface area (Å²) in [6.07, 6.45) is -0.00199. The predicted octanol–water partition coefficient (Wildman–Crippen LogP) is -0.235. The number of amides is 2. The number of carboxylic acids is 1. The van der Waals surface area contributed by atoms with E-state index in [4.69, 9.17) is 5.73 Å². The van der Waals surface area contributed by atoms with Gasteiger partial charge in [0.2, 0.25) is 6.29 Å². The second-order valence-electron chi connectivity index (χ2n) is 7.39. The van der Waals surface area contributed by atoms with Gasteiger partial charge in [-0.3, -0.25) is 24.2 Å². The molecule has 0 saturated carbocycles. The number of nitrogens with zero attached hydrogens (tertiary/aromatic N) is 3. The molecule has 0 aliphatic carbocycles. The topological polar surface area (TPSA) is 208 Å². The van der Waals surface area contributed by atoms with Crippen LogP contribution < -0.4 is 10.6 Å². The molecular formula is C19H16N4O9S3. The van der Waals surface area contributed by atoms with Gasteiger partial charge in [0.15, 0.2) is 26.5 Å². The van der Waals surface area contributed by atoms with E-state index in [1.54, 1.807) is 0 Å². The number of carbonyl (C=O) groups excluding carboxylic acids is 3. The number of aliphatic carboxylic acids is 1. The van der Waals surface area contributed by atoms with E-state index < -0.39 is 62.0 Å². The highest BCUT2D eigenvalue weighted by Crippen LogP contribution is 2.44. The first-order valence-corrected chi connectivity index (χ1v) is 13.2. The fraction of sp³-hybridized carbons (Fsp3) is 0.211. The summed E-state index contributed by atoms with van der Waals surface area (Å²) in [7, 11) is -4.16. The summed E-state index contributed by atoms with van der Waals surface area (Å²) in [4.78, 5) is 54.0. The molecule has 1 fully saturated rings. The third-order valence-electron chi connectivity index (χ3n) is 5.27. The zero-order chi connectivity index (χ0) is 25.7. The van der Waals surface area contributed by atoms with Crippen molar-refractivity contribution in [3.8, 4) is 11.5 Å². The van der Waals surface area contributed by atoms with Crippen LogP contribution in [0.15, 0.2) is 39.7 Å². The molecule has 184 valence electrons. The normalized spacial score (nSPS) is 19.7. The Morgan fingerprint density at radius 3 is 2.57 bits per heavy atom. The number of thiazole rings is 1. The number of nitrogens with two attached hydrogens (primary N) is 1. The Balaban J connectivity index is 1.68. The lowest BCUT2D eigenvalue weighted by atomic mass is 10.0. The van der Waals surface area contributed by atoms with Crippen LogP contribution in [0, 0.1) is 0 Å². The van der Waals surface area contributed by atoms with Crippen molar-refractivity contribution in [1.29, 1.82) is 0 Å². The monoisotopic (exact) mass is 540 g/mol. The van der Waals surface area contributed by atoms with Gasteiger partial charge < -0.3 is 21.1 Å². The van der Waals surface area contributed by atoms with Crippen LogP contribution in [0.25, 0.3) is 0 Å². The van der Waals surface area contributed by atoms with E-state index in [1.807, 2.05) is 0 Å². The van der Waals surface area contributed by atoms with Gasteiger partial charge in [0.05, 0.1) is 10.6 Å². The number of hydrogen-bond donors (Lipinski definition) is 4. The third kappa shape index (κ3) is 4.19. The standard InChI is InChI=1S/C19H16N4O9S3/c20-19-21-12(6-34-19)22(13(27)4-24)15-16(28)23-14(18(29)30)8(5-33-17(15)23)7-35(31,32)9-1-2-10(25)11(26)3-9/h1-4,6,15,17,25-26H,5,7H2,(H2,20,21)(H,29,30)/t15-,17-/m1/s1. The van der Waals surface area contributed by atoms with Gasteiger partial charge in [-0.25, -0.2) is 18.2 Å². The maximum Gasteiger partial charge on any atom is 0.352 e.